The Hall–Kier alpha value is -3.23. The van der Waals surface area contributed by atoms with Crippen molar-refractivity contribution < 1.29 is 25.7 Å². The van der Waals surface area contributed by atoms with Gasteiger partial charge in [0.25, 0.3) is 11.5 Å². The van der Waals surface area contributed by atoms with Crippen molar-refractivity contribution in [1.82, 2.24) is 23.7 Å². The molecule has 4 aliphatic heterocycles. The quantitative estimate of drug-likeness (QED) is 0.406. The fourth-order valence-electron chi connectivity index (χ4n) is 7.10. The summed E-state index contributed by atoms with van der Waals surface area (Å²) in [6.07, 6.45) is 7.01. The first-order valence-electron chi connectivity index (χ1n) is 17.9. The van der Waals surface area contributed by atoms with Gasteiger partial charge in [-0.3, -0.25) is 9.36 Å². The van der Waals surface area contributed by atoms with Gasteiger partial charge in [-0.05, 0) is 58.2 Å². The van der Waals surface area contributed by atoms with Gasteiger partial charge < -0.3 is 15.1 Å². The predicted octanol–water partition coefficient (Wildman–Crippen LogP) is 4.95. The van der Waals surface area contributed by atoms with E-state index in [1.807, 2.05) is 0 Å². The lowest BCUT2D eigenvalue weighted by atomic mass is 9.85. The molecule has 0 radical (unpaired) electrons. The van der Waals surface area contributed by atoms with Crippen LogP contribution in [0.4, 0.5) is 24.7 Å². The molecule has 2 saturated heterocycles. The molecule has 2 fully saturated rings. The zero-order chi connectivity index (χ0) is 35.8. The molecule has 4 aliphatic rings. The summed E-state index contributed by atoms with van der Waals surface area (Å²) in [6.45, 7) is 0.00232. The number of pyridine rings is 1. The number of sulfonamides is 1. The van der Waals surface area contributed by atoms with E-state index in [1.165, 1.54) is 27.3 Å². The van der Waals surface area contributed by atoms with Crippen molar-refractivity contribution in [3.63, 3.8) is 0 Å². The second kappa shape index (κ2) is 13.7. The summed E-state index contributed by atoms with van der Waals surface area (Å²) in [6, 6.07) is 3.27. The number of nitrogens with zero attached hydrogens (tertiary/aromatic N) is 6. The van der Waals surface area contributed by atoms with Crippen LogP contribution in [0.15, 0.2) is 35.4 Å². The molecular formula is C33H44F3N7O3S. The molecule has 10 nitrogen and oxygen atoms in total. The number of hydrogen-bond donors (Lipinski definition) is 1. The summed E-state index contributed by atoms with van der Waals surface area (Å²) in [4.78, 5) is 26.7. The van der Waals surface area contributed by atoms with E-state index < -0.39 is 51.7 Å². The number of alkyl halides is 2. The molecule has 7 rings (SSSR count). The van der Waals surface area contributed by atoms with Crippen molar-refractivity contribution in [2.75, 3.05) is 62.3 Å². The maximum Gasteiger partial charge on any atom is 0.278 e. The lowest BCUT2D eigenvalue weighted by molar-refractivity contribution is -0.0880. The van der Waals surface area contributed by atoms with Gasteiger partial charge in [0, 0.05) is 48.3 Å². The third kappa shape index (κ3) is 7.00. The lowest BCUT2D eigenvalue weighted by Gasteiger charge is -2.36. The Morgan fingerprint density at radius 3 is 2.36 bits per heavy atom. The molecule has 0 saturated carbocycles. The summed E-state index contributed by atoms with van der Waals surface area (Å²) in [5, 5.41) is 3.14. The van der Waals surface area contributed by atoms with Gasteiger partial charge >= 0.3 is 0 Å². The average molecular weight is 679 g/mol. The van der Waals surface area contributed by atoms with Crippen LogP contribution >= 0.6 is 0 Å². The number of aryl methyl sites for hydroxylation is 1. The number of halogens is 3. The van der Waals surface area contributed by atoms with Crippen LogP contribution in [0.2, 0.25) is 0 Å². The minimum absolute atomic E-state index is 0.00396. The first kappa shape index (κ1) is 29.9. The van der Waals surface area contributed by atoms with Gasteiger partial charge in [-0.1, -0.05) is 37.5 Å². The van der Waals surface area contributed by atoms with Crippen LogP contribution in [-0.4, -0.2) is 84.2 Å². The molecule has 1 aromatic carbocycles. The van der Waals surface area contributed by atoms with Gasteiger partial charge in [0.15, 0.2) is 0 Å². The van der Waals surface area contributed by atoms with E-state index in [-0.39, 0.29) is 61.7 Å². The van der Waals surface area contributed by atoms with E-state index in [4.69, 9.17) is 4.11 Å². The molecule has 0 unspecified atom stereocenters. The number of nitrogens with one attached hydrogen (secondary N) is 1. The molecular weight excluding hydrogens is 631 g/mol. The third-order valence-electron chi connectivity index (χ3n) is 9.85. The molecule has 1 N–H and O–H groups in total. The Kier molecular flexibility index (Phi) is 8.72. The summed E-state index contributed by atoms with van der Waals surface area (Å²) in [7, 11) is -3.43. The Morgan fingerprint density at radius 2 is 1.66 bits per heavy atom. The molecule has 8 bridgehead atoms. The van der Waals surface area contributed by atoms with Crippen molar-refractivity contribution in [3.8, 4) is 0 Å². The van der Waals surface area contributed by atoms with E-state index in [2.05, 4.69) is 20.2 Å². The third-order valence-corrected chi connectivity index (χ3v) is 11.2. The summed E-state index contributed by atoms with van der Waals surface area (Å²) < 4.78 is 101. The first-order valence-corrected chi connectivity index (χ1v) is 18.3. The normalized spacial score (nSPS) is 26.2. The minimum atomic E-state index is -3.52. The molecule has 6 heterocycles. The summed E-state index contributed by atoms with van der Waals surface area (Å²) in [5.41, 5.74) is -1.09. The zero-order valence-electron chi connectivity index (χ0n) is 29.6. The molecule has 0 spiro atoms. The van der Waals surface area contributed by atoms with Crippen molar-refractivity contribution >= 4 is 32.6 Å². The average Bonchev–Trinajstić information content (AvgIpc) is 3.06. The maximum atomic E-state index is 16.3. The number of benzene rings is 1. The molecule has 47 heavy (non-hydrogen) atoms. The smallest absolute Gasteiger partial charge is 0.278 e. The molecule has 256 valence electrons. The van der Waals surface area contributed by atoms with Crippen molar-refractivity contribution in [2.24, 2.45) is 5.92 Å². The second-order valence-electron chi connectivity index (χ2n) is 12.9. The van der Waals surface area contributed by atoms with Gasteiger partial charge in [0.1, 0.15) is 29.3 Å². The SMILES string of the molecule is [2H]C([2H])([2H])[C@H]1Nc2ncnc3c2cc(N2CCN(S(C)(=O)=O)CC2)c(=O)n3CCCCCCCN2CCC(CC2)C(F)(F)c2cccc1c2F. The molecule has 0 amide bonds. The van der Waals surface area contributed by atoms with Crippen LogP contribution in [0.25, 0.3) is 11.0 Å². The topological polar surface area (TPSA) is 104 Å². The Bertz CT molecular complexity index is 1860. The fraction of sp³-hybridized carbons (Fsp3) is 0.606. The van der Waals surface area contributed by atoms with Gasteiger partial charge in [0.05, 0.1) is 23.2 Å². The first-order chi connectivity index (χ1) is 23.7. The highest BCUT2D eigenvalue weighted by atomic mass is 32.2. The Labute approximate surface area is 278 Å². The Balaban J connectivity index is 1.46. The second-order valence-corrected chi connectivity index (χ2v) is 14.9. The largest absolute Gasteiger partial charge is 0.364 e. The number of anilines is 2. The van der Waals surface area contributed by atoms with Crippen molar-refractivity contribution in [1.29, 1.82) is 0 Å². The summed E-state index contributed by atoms with van der Waals surface area (Å²) in [5.74, 6) is -5.88. The maximum absolute atomic E-state index is 16.3. The number of rotatable bonds is 2. The van der Waals surface area contributed by atoms with E-state index >= 15 is 13.2 Å². The predicted molar refractivity (Wildman–Crippen MR) is 177 cm³/mol. The number of aromatic nitrogens is 3. The van der Waals surface area contributed by atoms with E-state index in [0.29, 0.717) is 31.4 Å². The van der Waals surface area contributed by atoms with E-state index in [0.717, 1.165) is 44.6 Å². The van der Waals surface area contributed by atoms with Crippen molar-refractivity contribution in [2.45, 2.75) is 70.3 Å². The monoisotopic (exact) mass is 678 g/mol. The highest BCUT2D eigenvalue weighted by Gasteiger charge is 2.45. The van der Waals surface area contributed by atoms with Crippen LogP contribution in [0, 0.1) is 11.7 Å². The number of piperazine rings is 1. The van der Waals surface area contributed by atoms with Crippen molar-refractivity contribution in [3.05, 3.63) is 57.9 Å². The standard InChI is InChI=1S/C33H44F3N7O3S/c1-23-25-9-8-10-27(29(25)34)33(35,36)24-11-15-40(16-12-24)13-6-4-3-5-7-14-43-31-26(30(39-23)37-22-38-31)21-28(32(43)44)41-17-19-42(20-18-41)47(2,45)46/h8-10,21-24H,3-7,11-20H2,1-2H3,(H,37,38,39)/t23-/m1/s1/i1D3. The van der Waals surface area contributed by atoms with Gasteiger partial charge in [-0.15, -0.1) is 0 Å². The molecule has 2 aromatic heterocycles. The number of hydrogen-bond acceptors (Lipinski definition) is 8. The van der Waals surface area contributed by atoms with Gasteiger partial charge in [0.2, 0.25) is 10.0 Å². The summed E-state index contributed by atoms with van der Waals surface area (Å²) >= 11 is 0. The van der Waals surface area contributed by atoms with Crippen LogP contribution in [0.3, 0.4) is 0 Å². The minimum Gasteiger partial charge on any atom is -0.364 e. The van der Waals surface area contributed by atoms with E-state index in [1.54, 1.807) is 11.0 Å². The number of piperidine rings is 1. The van der Waals surface area contributed by atoms with Crippen LogP contribution in [0.1, 0.15) is 73.1 Å². The van der Waals surface area contributed by atoms with Crippen LogP contribution < -0.4 is 15.8 Å². The molecule has 3 aromatic rings. The molecule has 14 heteroatoms. The molecule has 0 aliphatic carbocycles. The number of fused-ring (bicyclic) bond motifs is 9. The molecule has 1 atom stereocenters. The van der Waals surface area contributed by atoms with Crippen LogP contribution in [-0.2, 0) is 22.5 Å². The highest BCUT2D eigenvalue weighted by molar-refractivity contribution is 7.88. The van der Waals surface area contributed by atoms with Gasteiger partial charge in [-0.2, -0.15) is 4.31 Å². The highest BCUT2D eigenvalue weighted by Crippen LogP contribution is 2.44. The van der Waals surface area contributed by atoms with Crippen LogP contribution in [0.5, 0.6) is 0 Å². The lowest BCUT2D eigenvalue weighted by Crippen LogP contribution is -2.50. The fourth-order valence-corrected chi connectivity index (χ4v) is 7.92. The van der Waals surface area contributed by atoms with E-state index in [9.17, 15) is 13.2 Å². The van der Waals surface area contributed by atoms with Gasteiger partial charge in [-0.25, -0.2) is 31.6 Å². The zero-order valence-corrected chi connectivity index (χ0v) is 27.4. The Morgan fingerprint density at radius 1 is 0.957 bits per heavy atom.